The Balaban J connectivity index is 2.00. The predicted octanol–water partition coefficient (Wildman–Crippen LogP) is -1.87. The Labute approximate surface area is 48.6 Å². The lowest BCUT2D eigenvalue weighted by atomic mass is 10.8. The van der Waals surface area contributed by atoms with Crippen molar-refractivity contribution in [2.75, 3.05) is 26.8 Å². The third-order valence-electron chi connectivity index (χ3n) is 0.947. The van der Waals surface area contributed by atoms with E-state index in [0.717, 1.165) is 26.8 Å². The van der Waals surface area contributed by atoms with Gasteiger partial charge in [0.2, 0.25) is 13.5 Å². The van der Waals surface area contributed by atoms with E-state index in [1.165, 1.54) is 0 Å². The van der Waals surface area contributed by atoms with Crippen molar-refractivity contribution in [3.63, 3.8) is 0 Å². The van der Waals surface area contributed by atoms with E-state index in [9.17, 15) is 0 Å². The molecule has 0 saturated carbocycles. The lowest BCUT2D eigenvalue weighted by Gasteiger charge is -2.10. The molecule has 0 bridgehead atoms. The SMILES string of the molecule is C1NCNC[OH+]CN1. The molecule has 1 saturated heterocycles. The second kappa shape index (κ2) is 3.80. The smallest absolute Gasteiger partial charge is 0.203 e. The number of rotatable bonds is 0. The van der Waals surface area contributed by atoms with Crippen LogP contribution in [0.5, 0.6) is 0 Å². The summed E-state index contributed by atoms with van der Waals surface area (Å²) >= 11 is 0. The zero-order valence-corrected chi connectivity index (χ0v) is 4.78. The topological polar surface area (TPSA) is 48.9 Å². The Bertz CT molecular complexity index is 35.2. The quantitative estimate of drug-likeness (QED) is 0.326. The van der Waals surface area contributed by atoms with E-state index in [1.807, 2.05) is 0 Å². The summed E-state index contributed by atoms with van der Waals surface area (Å²) < 4.78 is 4.07. The highest BCUT2D eigenvalue weighted by atomic mass is 16.5. The molecule has 0 aromatic carbocycles. The van der Waals surface area contributed by atoms with Crippen LogP contribution in [0, 0.1) is 0 Å². The van der Waals surface area contributed by atoms with Gasteiger partial charge in [0, 0.05) is 0 Å². The first-order valence-electron chi connectivity index (χ1n) is 2.75. The highest BCUT2D eigenvalue weighted by Gasteiger charge is 1.94. The van der Waals surface area contributed by atoms with E-state index in [-0.39, 0.29) is 0 Å². The van der Waals surface area contributed by atoms with Crippen molar-refractivity contribution in [1.82, 2.24) is 16.0 Å². The molecule has 0 atom stereocenters. The van der Waals surface area contributed by atoms with E-state index >= 15 is 0 Å². The summed E-state index contributed by atoms with van der Waals surface area (Å²) in [6.07, 6.45) is 0. The van der Waals surface area contributed by atoms with Gasteiger partial charge in [-0.1, -0.05) is 0 Å². The van der Waals surface area contributed by atoms with Gasteiger partial charge in [-0.25, -0.2) is 10.6 Å². The van der Waals surface area contributed by atoms with Crippen molar-refractivity contribution >= 4 is 0 Å². The molecule has 0 unspecified atom stereocenters. The molecule has 1 aliphatic heterocycles. The average molecular weight is 118 g/mol. The number of nitrogens with one attached hydrogen (secondary N) is 3. The maximum Gasteiger partial charge on any atom is 0.203 e. The molecule has 0 aliphatic carbocycles. The number of hydrogen-bond donors (Lipinski definition) is 3. The van der Waals surface area contributed by atoms with Crippen LogP contribution in [0.25, 0.3) is 0 Å². The molecule has 0 amide bonds. The van der Waals surface area contributed by atoms with Crippen molar-refractivity contribution < 1.29 is 4.74 Å². The second-order valence-corrected chi connectivity index (χ2v) is 1.64. The summed E-state index contributed by atoms with van der Waals surface area (Å²) in [6, 6.07) is 0. The molecule has 1 aliphatic rings. The first-order valence-corrected chi connectivity index (χ1v) is 2.75. The maximum atomic E-state index is 4.07. The van der Waals surface area contributed by atoms with Crippen LogP contribution in [0.15, 0.2) is 0 Å². The molecule has 1 fully saturated rings. The van der Waals surface area contributed by atoms with E-state index in [4.69, 9.17) is 0 Å². The minimum atomic E-state index is 0.750. The van der Waals surface area contributed by atoms with Crippen LogP contribution in [-0.4, -0.2) is 31.5 Å². The standard InChI is InChI=1S/C4H11N3O/c1-5-2-7-4-8-3-6-1/h5-7H,1-4H2/p+1. The van der Waals surface area contributed by atoms with Crippen molar-refractivity contribution in [2.24, 2.45) is 0 Å². The first kappa shape index (κ1) is 5.97. The van der Waals surface area contributed by atoms with E-state index < -0.39 is 0 Å². The van der Waals surface area contributed by atoms with Gasteiger partial charge in [0.1, 0.15) is 0 Å². The number of ether oxygens (including phenoxy) is 1. The Morgan fingerprint density at radius 3 is 2.12 bits per heavy atom. The minimum absolute atomic E-state index is 0.750. The molecule has 48 valence electrons. The number of aliphatic hydroxyl groups is 2. The summed E-state index contributed by atoms with van der Waals surface area (Å²) in [5.41, 5.74) is 0. The van der Waals surface area contributed by atoms with Crippen molar-refractivity contribution in [3.8, 4) is 0 Å². The molecule has 1 heterocycles. The zero-order valence-electron chi connectivity index (χ0n) is 4.78. The Morgan fingerprint density at radius 2 is 1.50 bits per heavy atom. The molecule has 0 aromatic rings. The van der Waals surface area contributed by atoms with Crippen molar-refractivity contribution in [2.45, 2.75) is 0 Å². The highest BCUT2D eigenvalue weighted by molar-refractivity contribution is 4.41. The van der Waals surface area contributed by atoms with Gasteiger partial charge in [0.15, 0.2) is 0 Å². The van der Waals surface area contributed by atoms with Crippen LogP contribution in [-0.2, 0) is 0 Å². The summed E-state index contributed by atoms with van der Waals surface area (Å²) in [5, 5.41) is 9.24. The fourth-order valence-electron chi connectivity index (χ4n) is 0.565. The second-order valence-electron chi connectivity index (χ2n) is 1.64. The largest absolute Gasteiger partial charge is 0.410 e. The normalized spacial score (nSPS) is 24.0. The molecular formula is C4H12N3O+. The third kappa shape index (κ3) is 2.23. The van der Waals surface area contributed by atoms with Gasteiger partial charge in [0.05, 0.1) is 13.3 Å². The molecule has 8 heavy (non-hydrogen) atoms. The van der Waals surface area contributed by atoms with Gasteiger partial charge in [-0.05, 0) is 0 Å². The fourth-order valence-corrected chi connectivity index (χ4v) is 0.565. The molecule has 0 radical (unpaired) electrons. The summed E-state index contributed by atoms with van der Waals surface area (Å²) in [7, 11) is 0. The van der Waals surface area contributed by atoms with Gasteiger partial charge in [-0.2, -0.15) is 0 Å². The Hall–Kier alpha value is -0.160. The minimum Gasteiger partial charge on any atom is -0.410 e. The molecule has 1 rings (SSSR count). The molecule has 4 heteroatoms. The first-order chi connectivity index (χ1) is 4.00. The van der Waals surface area contributed by atoms with E-state index in [0.29, 0.717) is 0 Å². The van der Waals surface area contributed by atoms with Gasteiger partial charge in [0.25, 0.3) is 0 Å². The molecular weight excluding hydrogens is 106 g/mol. The summed E-state index contributed by atoms with van der Waals surface area (Å²) in [6.45, 7) is 3.19. The van der Waals surface area contributed by atoms with Crippen LogP contribution in [0.3, 0.4) is 0 Å². The lowest BCUT2D eigenvalue weighted by molar-refractivity contribution is -0.0679. The zero-order chi connectivity index (χ0) is 5.66. The maximum absolute atomic E-state index is 4.07. The van der Waals surface area contributed by atoms with Crippen LogP contribution in [0.2, 0.25) is 0 Å². The Morgan fingerprint density at radius 1 is 0.875 bits per heavy atom. The van der Waals surface area contributed by atoms with Crippen molar-refractivity contribution in [1.29, 1.82) is 0 Å². The number of hydrogen-bond acceptors (Lipinski definition) is 3. The summed E-state index contributed by atoms with van der Waals surface area (Å²) in [5.74, 6) is 0. The monoisotopic (exact) mass is 118 g/mol. The van der Waals surface area contributed by atoms with Crippen LogP contribution >= 0.6 is 0 Å². The predicted molar refractivity (Wildman–Crippen MR) is 31.1 cm³/mol. The highest BCUT2D eigenvalue weighted by Crippen LogP contribution is 1.62. The molecule has 0 aromatic heterocycles. The summed E-state index contributed by atoms with van der Waals surface area (Å²) in [4.78, 5) is 0. The van der Waals surface area contributed by atoms with Gasteiger partial charge in [-0.15, -0.1) is 0 Å². The molecule has 4 nitrogen and oxygen atoms in total. The van der Waals surface area contributed by atoms with E-state index in [1.54, 1.807) is 0 Å². The van der Waals surface area contributed by atoms with Crippen LogP contribution < -0.4 is 16.0 Å². The van der Waals surface area contributed by atoms with Gasteiger partial charge in [-0.3, -0.25) is 5.32 Å². The van der Waals surface area contributed by atoms with Crippen molar-refractivity contribution in [3.05, 3.63) is 0 Å². The van der Waals surface area contributed by atoms with Gasteiger partial charge < -0.3 is 4.74 Å². The third-order valence-corrected chi connectivity index (χ3v) is 0.947. The van der Waals surface area contributed by atoms with Crippen LogP contribution in [0.4, 0.5) is 0 Å². The van der Waals surface area contributed by atoms with Gasteiger partial charge >= 0.3 is 0 Å². The van der Waals surface area contributed by atoms with Crippen LogP contribution in [0.1, 0.15) is 0 Å². The fraction of sp³-hybridized carbons (Fsp3) is 1.00. The Kier molecular flexibility index (Phi) is 2.83. The van der Waals surface area contributed by atoms with E-state index in [2.05, 4.69) is 20.7 Å². The lowest BCUT2D eigenvalue weighted by Crippen LogP contribution is -2.43. The molecule has 0 spiro atoms. The molecule has 4 N–H and O–H groups in total. The average Bonchev–Trinajstić information content (AvgIpc) is 1.62.